The fourth-order valence-electron chi connectivity index (χ4n) is 6.85. The molecule has 0 saturated heterocycles. The summed E-state index contributed by atoms with van der Waals surface area (Å²) in [4.78, 5) is 0. The second-order valence-electron chi connectivity index (χ2n) is 12.0. The van der Waals surface area contributed by atoms with Crippen molar-refractivity contribution in [3.05, 3.63) is 194 Å². The van der Waals surface area contributed by atoms with Crippen LogP contribution >= 0.6 is 0 Å². The zero-order valence-corrected chi connectivity index (χ0v) is 26.7. The van der Waals surface area contributed by atoms with E-state index in [9.17, 15) is 8.22 Å². The largest absolute Gasteiger partial charge is 0.456 e. The van der Waals surface area contributed by atoms with Crippen LogP contribution in [0.3, 0.4) is 0 Å². The summed E-state index contributed by atoms with van der Waals surface area (Å²) in [5, 5.41) is 1.56. The highest BCUT2D eigenvalue weighted by Gasteiger charge is 2.20. The fraction of sp³-hybridized carbons (Fsp3) is 0. The van der Waals surface area contributed by atoms with Crippen LogP contribution in [-0.4, -0.2) is 0 Å². The fourth-order valence-corrected chi connectivity index (χ4v) is 6.85. The lowest BCUT2D eigenvalue weighted by atomic mass is 9.84. The Morgan fingerprint density at radius 1 is 0.333 bits per heavy atom. The first-order valence-electron chi connectivity index (χ1n) is 23.8. The van der Waals surface area contributed by atoms with Gasteiger partial charge < -0.3 is 4.42 Å². The van der Waals surface area contributed by atoms with Crippen molar-refractivity contribution in [1.29, 1.82) is 0 Å². The van der Waals surface area contributed by atoms with Gasteiger partial charge >= 0.3 is 0 Å². The standard InChI is InChI=1S/C50H32O/c1-3-12-33(13-4-1)35-22-24-36(25-23-35)37-26-28-38(29-27-37)48-40-16-7-9-18-42(40)49(43-19-10-8-17-41(43)48)44-20-11-21-47-50(44)45-32-39(30-31-46(45)51-47)34-14-5-2-6-15-34/h1-32H/i2D,5D,6D,11D,14D,15D,20D,21D,26D,27D,28D,29D,30D,31D,32D. The molecule has 0 saturated carbocycles. The molecule has 0 amide bonds. The van der Waals surface area contributed by atoms with E-state index in [4.69, 9.17) is 16.8 Å². The van der Waals surface area contributed by atoms with Gasteiger partial charge in [0.25, 0.3) is 0 Å². The minimum absolute atomic E-state index is 0.00944. The minimum atomic E-state index is -0.707. The average Bonchev–Trinajstić information content (AvgIpc) is 3.74. The van der Waals surface area contributed by atoms with Gasteiger partial charge in [-0.3, -0.25) is 0 Å². The molecule has 10 aromatic rings. The van der Waals surface area contributed by atoms with Gasteiger partial charge in [0.1, 0.15) is 11.2 Å². The summed E-state index contributed by atoms with van der Waals surface area (Å²) in [5.41, 5.74) is 1.73. The molecule has 0 radical (unpaired) electrons. The highest BCUT2D eigenvalue weighted by atomic mass is 16.3. The van der Waals surface area contributed by atoms with Crippen LogP contribution in [0.5, 0.6) is 0 Å². The van der Waals surface area contributed by atoms with E-state index in [0.717, 1.165) is 11.1 Å². The van der Waals surface area contributed by atoms with Crippen LogP contribution in [0.25, 0.3) is 99.1 Å². The first-order valence-corrected chi connectivity index (χ1v) is 16.3. The molecule has 10 rings (SSSR count). The molecule has 9 aromatic carbocycles. The van der Waals surface area contributed by atoms with E-state index in [1.165, 1.54) is 0 Å². The van der Waals surface area contributed by atoms with E-state index in [1.807, 2.05) is 42.5 Å². The summed E-state index contributed by atoms with van der Waals surface area (Å²) in [6.45, 7) is 0. The monoisotopic (exact) mass is 663 g/mol. The zero-order chi connectivity index (χ0) is 46.8. The molecule has 0 bridgehead atoms. The SMILES string of the molecule is [2H]c1c([2H])c([2H])c(-c2c([2H])c([2H])c3oc4c([2H])c([2H])c([2H])c(-c5c6ccccc6c(-c6c([2H])c([2H])c(-c7ccc(-c8ccccc8)cc7)c([2H])c6[2H])c6ccccc56)c4c3c2[2H])c([2H])c1[2H]. The molecule has 1 nitrogen and oxygen atoms in total. The van der Waals surface area contributed by atoms with Gasteiger partial charge in [-0.25, -0.2) is 0 Å². The quantitative estimate of drug-likeness (QED) is 0.167. The lowest BCUT2D eigenvalue weighted by Crippen LogP contribution is -1.91. The lowest BCUT2D eigenvalue weighted by molar-refractivity contribution is 0.669. The molecule has 1 heteroatoms. The van der Waals surface area contributed by atoms with Crippen LogP contribution in [-0.2, 0) is 0 Å². The summed E-state index contributed by atoms with van der Waals surface area (Å²) in [6.07, 6.45) is 0. The Morgan fingerprint density at radius 2 is 0.863 bits per heavy atom. The Bertz CT molecular complexity index is 3630. The maximum Gasteiger partial charge on any atom is 0.136 e. The van der Waals surface area contributed by atoms with Gasteiger partial charge in [0.2, 0.25) is 0 Å². The van der Waals surface area contributed by atoms with Crippen LogP contribution in [0.2, 0.25) is 0 Å². The van der Waals surface area contributed by atoms with Crippen molar-refractivity contribution >= 4 is 43.5 Å². The summed E-state index contributed by atoms with van der Waals surface area (Å²) >= 11 is 0. The number of hydrogen-bond donors (Lipinski definition) is 0. The number of furan rings is 1. The number of fused-ring (bicyclic) bond motifs is 5. The van der Waals surface area contributed by atoms with Crippen LogP contribution in [0.4, 0.5) is 0 Å². The second-order valence-corrected chi connectivity index (χ2v) is 12.0. The molecule has 0 spiro atoms. The van der Waals surface area contributed by atoms with Gasteiger partial charge in [0.05, 0.1) is 20.6 Å². The average molecular weight is 664 g/mol. The van der Waals surface area contributed by atoms with Crippen LogP contribution < -0.4 is 0 Å². The van der Waals surface area contributed by atoms with Gasteiger partial charge in [-0.1, -0.05) is 176 Å². The molecule has 1 heterocycles. The predicted molar refractivity (Wildman–Crippen MR) is 216 cm³/mol. The molecule has 0 fully saturated rings. The Kier molecular flexibility index (Phi) is 4.19. The maximum atomic E-state index is 9.60. The predicted octanol–water partition coefficient (Wildman–Crippen LogP) is 14.2. The molecule has 0 atom stereocenters. The van der Waals surface area contributed by atoms with E-state index < -0.39 is 77.6 Å². The van der Waals surface area contributed by atoms with Gasteiger partial charge in [-0.2, -0.15) is 0 Å². The van der Waals surface area contributed by atoms with E-state index in [0.29, 0.717) is 38.2 Å². The third kappa shape index (κ3) is 4.94. The van der Waals surface area contributed by atoms with Crippen molar-refractivity contribution in [2.24, 2.45) is 0 Å². The van der Waals surface area contributed by atoms with Crippen LogP contribution in [0.1, 0.15) is 20.6 Å². The lowest BCUT2D eigenvalue weighted by Gasteiger charge is -2.18. The molecule has 238 valence electrons. The van der Waals surface area contributed by atoms with Crippen molar-refractivity contribution in [2.45, 2.75) is 0 Å². The minimum Gasteiger partial charge on any atom is -0.456 e. The molecule has 0 N–H and O–H groups in total. The van der Waals surface area contributed by atoms with Gasteiger partial charge in [-0.05, 0) is 95.3 Å². The second kappa shape index (κ2) is 12.0. The van der Waals surface area contributed by atoms with E-state index in [1.54, 1.807) is 60.7 Å². The number of hydrogen-bond acceptors (Lipinski definition) is 1. The third-order valence-corrected chi connectivity index (χ3v) is 9.16. The molecule has 0 unspecified atom stereocenters. The topological polar surface area (TPSA) is 13.1 Å². The molecule has 0 aliphatic heterocycles. The first kappa shape index (κ1) is 17.8. The van der Waals surface area contributed by atoms with Gasteiger partial charge in [-0.15, -0.1) is 0 Å². The number of benzene rings is 9. The smallest absolute Gasteiger partial charge is 0.136 e. The Labute approximate surface area is 317 Å². The van der Waals surface area contributed by atoms with Gasteiger partial charge in [0.15, 0.2) is 0 Å². The summed E-state index contributed by atoms with van der Waals surface area (Å²) in [6, 6.07) is 23.0. The van der Waals surface area contributed by atoms with Crippen LogP contribution in [0.15, 0.2) is 198 Å². The zero-order valence-electron chi connectivity index (χ0n) is 41.7. The van der Waals surface area contributed by atoms with Crippen molar-refractivity contribution in [1.82, 2.24) is 0 Å². The summed E-state index contributed by atoms with van der Waals surface area (Å²) < 4.78 is 141. The van der Waals surface area contributed by atoms with E-state index >= 15 is 0 Å². The molecule has 0 aliphatic rings. The van der Waals surface area contributed by atoms with Crippen LogP contribution in [0, 0.1) is 0 Å². The molecular weight excluding hydrogens is 617 g/mol. The summed E-state index contributed by atoms with van der Waals surface area (Å²) in [7, 11) is 0. The van der Waals surface area contributed by atoms with E-state index in [-0.39, 0.29) is 62.8 Å². The number of rotatable bonds is 5. The Hall–Kier alpha value is -6.70. The maximum absolute atomic E-state index is 9.60. The van der Waals surface area contributed by atoms with Gasteiger partial charge in [0, 0.05) is 10.8 Å². The Morgan fingerprint density at radius 3 is 1.53 bits per heavy atom. The Balaban J connectivity index is 1.30. The highest BCUT2D eigenvalue weighted by molar-refractivity contribution is 6.25. The highest BCUT2D eigenvalue weighted by Crippen LogP contribution is 2.47. The molecule has 1 aromatic heterocycles. The summed E-state index contributed by atoms with van der Waals surface area (Å²) in [5.74, 6) is 0. The first-order chi connectivity index (χ1) is 31.6. The van der Waals surface area contributed by atoms with Crippen molar-refractivity contribution in [3.63, 3.8) is 0 Å². The normalized spacial score (nSPS) is 15.6. The van der Waals surface area contributed by atoms with E-state index in [2.05, 4.69) is 0 Å². The molecule has 51 heavy (non-hydrogen) atoms. The third-order valence-electron chi connectivity index (χ3n) is 9.16. The van der Waals surface area contributed by atoms with Crippen molar-refractivity contribution in [2.75, 3.05) is 0 Å². The van der Waals surface area contributed by atoms with Crippen molar-refractivity contribution in [3.8, 4) is 55.6 Å². The van der Waals surface area contributed by atoms with Crippen molar-refractivity contribution < 1.29 is 25.0 Å². The molecular formula is C50H32O. The molecule has 0 aliphatic carbocycles.